The van der Waals surface area contributed by atoms with E-state index in [4.69, 9.17) is 14.5 Å². The molecule has 1 saturated heterocycles. The van der Waals surface area contributed by atoms with Crippen LogP contribution in [0, 0.1) is 12.8 Å². The lowest BCUT2D eigenvalue weighted by molar-refractivity contribution is 0.00951. The number of carbonyl (C=O) groups excluding carboxylic acids is 1. The molecule has 39 heavy (non-hydrogen) atoms. The van der Waals surface area contributed by atoms with Crippen LogP contribution in [0.25, 0.3) is 22.4 Å². The fraction of sp³-hybridized carbons (Fsp3) is 0.467. The zero-order chi connectivity index (χ0) is 25.0. The van der Waals surface area contributed by atoms with Crippen LogP contribution >= 0.6 is 40.5 Å². The molecule has 3 atom stereocenters. The van der Waals surface area contributed by atoms with Gasteiger partial charge in [-0.25, -0.2) is 9.78 Å². The molecule has 6 rings (SSSR count). The van der Waals surface area contributed by atoms with Crippen LogP contribution in [-0.2, 0) is 11.3 Å². The van der Waals surface area contributed by atoms with Gasteiger partial charge in [-0.1, -0.05) is 42.7 Å². The van der Waals surface area contributed by atoms with E-state index < -0.39 is 5.60 Å². The van der Waals surface area contributed by atoms with E-state index in [0.717, 1.165) is 54.1 Å². The van der Waals surface area contributed by atoms with Crippen molar-refractivity contribution in [1.82, 2.24) is 14.9 Å². The number of nitrogens with one attached hydrogen (secondary N) is 1. The number of ether oxygens (including phenoxy) is 2. The molecule has 1 amide bonds. The van der Waals surface area contributed by atoms with Crippen LogP contribution in [0.4, 0.5) is 4.79 Å². The van der Waals surface area contributed by atoms with E-state index in [2.05, 4.69) is 48.3 Å². The molecule has 2 aromatic carbocycles. The molecule has 1 aliphatic carbocycles. The highest BCUT2D eigenvalue weighted by Gasteiger charge is 2.47. The third kappa shape index (κ3) is 6.10. The summed E-state index contributed by atoms with van der Waals surface area (Å²) in [6.07, 6.45) is 7.18. The first-order chi connectivity index (χ1) is 17.3. The highest BCUT2D eigenvalue weighted by molar-refractivity contribution is 7.59. The molecule has 2 fully saturated rings. The summed E-state index contributed by atoms with van der Waals surface area (Å²) in [4.78, 5) is 23.6. The van der Waals surface area contributed by atoms with E-state index >= 15 is 0 Å². The summed E-state index contributed by atoms with van der Waals surface area (Å²) < 4.78 is 12.0. The van der Waals surface area contributed by atoms with Gasteiger partial charge in [-0.3, -0.25) is 4.90 Å². The molecule has 1 N–H and O–H groups in total. The fourth-order valence-electron chi connectivity index (χ4n) is 6.23. The van der Waals surface area contributed by atoms with Crippen molar-refractivity contribution in [2.75, 3.05) is 0 Å². The van der Waals surface area contributed by atoms with Crippen LogP contribution in [0.2, 0.25) is 0 Å². The summed E-state index contributed by atoms with van der Waals surface area (Å²) in [5, 5.41) is 0. The summed E-state index contributed by atoms with van der Waals surface area (Å²) in [6.45, 7) is 8.47. The number of likely N-dealkylation sites (tertiary alicyclic amines) is 1. The highest BCUT2D eigenvalue weighted by atomic mass is 32.1. The maximum absolute atomic E-state index is 13.3. The smallest absolute Gasteiger partial charge is 0.411 e. The average molecular weight is 588 g/mol. The largest absolute Gasteiger partial charge is 0.488 e. The van der Waals surface area contributed by atoms with Crippen LogP contribution in [0.15, 0.2) is 42.6 Å². The molecule has 1 aromatic heterocycles. The number of aromatic amines is 1. The lowest BCUT2D eigenvalue weighted by atomic mass is 9.85. The molecule has 0 bridgehead atoms. The van der Waals surface area contributed by atoms with Gasteiger partial charge in [0.2, 0.25) is 0 Å². The van der Waals surface area contributed by atoms with Crippen molar-refractivity contribution in [3.05, 3.63) is 59.5 Å². The predicted molar refractivity (Wildman–Crippen MR) is 171 cm³/mol. The van der Waals surface area contributed by atoms with Crippen LogP contribution in [0.1, 0.15) is 75.9 Å². The normalized spacial score (nSPS) is 21.1. The summed E-state index contributed by atoms with van der Waals surface area (Å²) in [5.74, 6) is 2.23. The summed E-state index contributed by atoms with van der Waals surface area (Å²) in [7, 11) is 0. The van der Waals surface area contributed by atoms with E-state index in [-0.39, 0.29) is 58.7 Å². The van der Waals surface area contributed by atoms with E-state index in [1.807, 2.05) is 31.9 Å². The quantitative estimate of drug-likeness (QED) is 0.337. The molecule has 0 radical (unpaired) electrons. The number of aromatic nitrogens is 2. The molecule has 3 heterocycles. The SMILES string of the molecule is Cc1ccc2c(c1)COc1cc(-c3cnc([C@@H]4C[C@@H]5CCCC[C@@H]5N4C(=O)OC(C)(C)C)[nH]3)ccc1-2.S.S.S. The molecule has 3 aromatic rings. The third-order valence-corrected chi connectivity index (χ3v) is 7.83. The predicted octanol–water partition coefficient (Wildman–Crippen LogP) is 7.52. The van der Waals surface area contributed by atoms with Crippen LogP contribution in [-0.4, -0.2) is 32.6 Å². The Morgan fingerprint density at radius 2 is 1.79 bits per heavy atom. The average Bonchev–Trinajstić information content (AvgIpc) is 3.47. The van der Waals surface area contributed by atoms with E-state index in [1.165, 1.54) is 23.1 Å². The minimum Gasteiger partial charge on any atom is -0.488 e. The molecular formula is C30H41N3O3S3. The van der Waals surface area contributed by atoms with Gasteiger partial charge in [0, 0.05) is 17.2 Å². The van der Waals surface area contributed by atoms with Gasteiger partial charge in [0.15, 0.2) is 0 Å². The second-order valence-corrected chi connectivity index (χ2v) is 11.6. The molecule has 9 heteroatoms. The van der Waals surface area contributed by atoms with Crippen molar-refractivity contribution < 1.29 is 14.3 Å². The van der Waals surface area contributed by atoms with Gasteiger partial charge in [-0.15, -0.1) is 0 Å². The lowest BCUT2D eigenvalue weighted by Crippen LogP contribution is -2.43. The fourth-order valence-corrected chi connectivity index (χ4v) is 6.23. The van der Waals surface area contributed by atoms with Crippen molar-refractivity contribution in [2.24, 2.45) is 5.92 Å². The van der Waals surface area contributed by atoms with Crippen LogP contribution < -0.4 is 4.74 Å². The maximum Gasteiger partial charge on any atom is 0.411 e. The first-order valence-corrected chi connectivity index (χ1v) is 13.2. The van der Waals surface area contributed by atoms with E-state index in [9.17, 15) is 4.79 Å². The lowest BCUT2D eigenvalue weighted by Gasteiger charge is -2.34. The Labute approximate surface area is 252 Å². The highest BCUT2D eigenvalue weighted by Crippen LogP contribution is 2.47. The second-order valence-electron chi connectivity index (χ2n) is 11.6. The van der Waals surface area contributed by atoms with Crippen LogP contribution in [0.3, 0.4) is 0 Å². The number of hydrogen-bond donors (Lipinski definition) is 1. The van der Waals surface area contributed by atoms with Crippen molar-refractivity contribution in [3.63, 3.8) is 0 Å². The maximum atomic E-state index is 13.3. The van der Waals surface area contributed by atoms with E-state index in [0.29, 0.717) is 12.5 Å². The zero-order valence-corrected chi connectivity index (χ0v) is 26.1. The van der Waals surface area contributed by atoms with Gasteiger partial charge >= 0.3 is 6.09 Å². The number of benzene rings is 2. The monoisotopic (exact) mass is 587 g/mol. The summed E-state index contributed by atoms with van der Waals surface area (Å²) in [6, 6.07) is 13.0. The van der Waals surface area contributed by atoms with Gasteiger partial charge in [-0.05, 0) is 76.1 Å². The molecule has 1 saturated carbocycles. The molecule has 6 nitrogen and oxygen atoms in total. The third-order valence-electron chi connectivity index (χ3n) is 7.83. The Morgan fingerprint density at radius 3 is 2.56 bits per heavy atom. The summed E-state index contributed by atoms with van der Waals surface area (Å²) in [5.41, 5.74) is 6.27. The zero-order valence-electron chi connectivity index (χ0n) is 23.1. The Hall–Kier alpha value is -2.23. The van der Waals surface area contributed by atoms with Crippen molar-refractivity contribution in [1.29, 1.82) is 0 Å². The number of H-pyrrole nitrogens is 1. The Bertz CT molecular complexity index is 1320. The van der Waals surface area contributed by atoms with Crippen molar-refractivity contribution in [3.8, 4) is 28.1 Å². The molecule has 2 aliphatic heterocycles. The molecule has 0 unspecified atom stereocenters. The Morgan fingerprint density at radius 1 is 1.05 bits per heavy atom. The standard InChI is InChI=1S/C30H35N3O3.3H2S/c1-18-9-11-22-21(13-18)17-35-27-15-19(10-12-23(22)27)24-16-31-28(32-24)26-14-20-7-5-6-8-25(20)33(26)29(34)36-30(2,3)4;;;/h9-13,15-16,20,25-26H,5-8,14,17H2,1-4H3,(H,31,32);3*1H2/t20-,25-,26-;;;/m0.../s1. The van der Waals surface area contributed by atoms with Gasteiger partial charge in [-0.2, -0.15) is 40.5 Å². The van der Waals surface area contributed by atoms with Gasteiger partial charge < -0.3 is 14.5 Å². The summed E-state index contributed by atoms with van der Waals surface area (Å²) >= 11 is 0. The number of nitrogens with zero attached hydrogens (tertiary/aromatic N) is 2. The number of hydrogen-bond acceptors (Lipinski definition) is 4. The molecule has 0 spiro atoms. The first kappa shape index (κ1) is 31.3. The number of fused-ring (bicyclic) bond motifs is 4. The van der Waals surface area contributed by atoms with Gasteiger partial charge in [0.05, 0.1) is 17.9 Å². The topological polar surface area (TPSA) is 67.4 Å². The van der Waals surface area contributed by atoms with Gasteiger partial charge in [0.25, 0.3) is 0 Å². The second kappa shape index (κ2) is 12.1. The molecular weight excluding hydrogens is 547 g/mol. The van der Waals surface area contributed by atoms with Crippen molar-refractivity contribution >= 4 is 46.6 Å². The number of amides is 1. The van der Waals surface area contributed by atoms with Gasteiger partial charge in [0.1, 0.15) is 23.8 Å². The molecule has 3 aliphatic rings. The molecule has 212 valence electrons. The minimum atomic E-state index is -0.525. The Balaban J connectivity index is 0.00000140. The number of carbonyl (C=O) groups is 1. The van der Waals surface area contributed by atoms with Crippen molar-refractivity contribution in [2.45, 2.75) is 84.1 Å². The minimum absolute atomic E-state index is 0. The van der Waals surface area contributed by atoms with E-state index in [1.54, 1.807) is 0 Å². The van der Waals surface area contributed by atoms with Crippen LogP contribution in [0.5, 0.6) is 5.75 Å². The first-order valence-electron chi connectivity index (χ1n) is 13.2. The number of rotatable bonds is 2. The number of aryl methyl sites for hydroxylation is 1. The number of imidazole rings is 1. The Kier molecular flexibility index (Phi) is 9.71.